The van der Waals surface area contributed by atoms with Crippen molar-refractivity contribution in [2.45, 2.75) is 129 Å². The maximum atomic E-state index is 2.35. The van der Waals surface area contributed by atoms with Gasteiger partial charge in [-0.15, -0.1) is 0 Å². The SMILES string of the molecule is CCCCCCCCCCCCCCCCCCCC/C=C/[N+](C)(C)C. The van der Waals surface area contributed by atoms with Crippen molar-refractivity contribution in [2.24, 2.45) is 0 Å². The lowest BCUT2D eigenvalue weighted by Gasteiger charge is -2.17. The van der Waals surface area contributed by atoms with Gasteiger partial charge in [-0.3, -0.25) is 0 Å². The van der Waals surface area contributed by atoms with Gasteiger partial charge < -0.3 is 4.48 Å². The van der Waals surface area contributed by atoms with Crippen LogP contribution in [0.2, 0.25) is 0 Å². The third-order valence-electron chi connectivity index (χ3n) is 5.28. The minimum absolute atomic E-state index is 0.943. The summed E-state index contributed by atoms with van der Waals surface area (Å²) in [6.45, 7) is 2.30. The van der Waals surface area contributed by atoms with E-state index < -0.39 is 0 Å². The Kier molecular flexibility index (Phi) is 19.2. The van der Waals surface area contributed by atoms with E-state index in [4.69, 9.17) is 0 Å². The highest BCUT2D eigenvalue weighted by molar-refractivity contribution is 4.73. The van der Waals surface area contributed by atoms with Crippen LogP contribution in [0, 0.1) is 0 Å². The minimum Gasteiger partial charge on any atom is -0.305 e. The molecule has 0 amide bonds. The Morgan fingerprint density at radius 2 is 0.769 bits per heavy atom. The Labute approximate surface area is 167 Å². The summed E-state index contributed by atoms with van der Waals surface area (Å²) >= 11 is 0. The zero-order valence-corrected chi connectivity index (χ0v) is 19.0. The van der Waals surface area contributed by atoms with Gasteiger partial charge in [-0.2, -0.15) is 0 Å². The quantitative estimate of drug-likeness (QED) is 0.149. The van der Waals surface area contributed by atoms with E-state index in [2.05, 4.69) is 40.3 Å². The van der Waals surface area contributed by atoms with Gasteiger partial charge in [-0.05, 0) is 18.9 Å². The largest absolute Gasteiger partial charge is 0.305 e. The second-order valence-corrected chi connectivity index (χ2v) is 9.30. The fourth-order valence-corrected chi connectivity index (χ4v) is 3.55. The van der Waals surface area contributed by atoms with Crippen molar-refractivity contribution in [3.63, 3.8) is 0 Å². The first-order chi connectivity index (χ1) is 12.6. The van der Waals surface area contributed by atoms with Crippen LogP contribution >= 0.6 is 0 Å². The van der Waals surface area contributed by atoms with E-state index in [1.807, 2.05) is 0 Å². The van der Waals surface area contributed by atoms with Gasteiger partial charge in [0, 0.05) is 0 Å². The Morgan fingerprint density at radius 1 is 0.462 bits per heavy atom. The van der Waals surface area contributed by atoms with E-state index in [1.54, 1.807) is 0 Å². The standard InChI is InChI=1S/C25H52N/c1-5-6-7-8-9-10-11-12-13-14-15-16-17-18-19-20-21-22-23-24-25-26(2,3)4/h24-25H,5-23H2,1-4H3/q+1/b25-24+. The molecule has 0 saturated carbocycles. The molecular weight excluding hydrogens is 314 g/mol. The van der Waals surface area contributed by atoms with Crippen molar-refractivity contribution in [1.29, 1.82) is 0 Å². The van der Waals surface area contributed by atoms with Gasteiger partial charge in [-0.25, -0.2) is 0 Å². The van der Waals surface area contributed by atoms with Crippen molar-refractivity contribution in [3.05, 3.63) is 12.3 Å². The van der Waals surface area contributed by atoms with Crippen LogP contribution in [0.5, 0.6) is 0 Å². The summed E-state index contributed by atoms with van der Waals surface area (Å²) in [5.74, 6) is 0. The van der Waals surface area contributed by atoms with Crippen LogP contribution in [0.25, 0.3) is 0 Å². The van der Waals surface area contributed by atoms with Crippen LogP contribution in [-0.2, 0) is 0 Å². The molecule has 0 aliphatic rings. The number of hydrogen-bond donors (Lipinski definition) is 0. The van der Waals surface area contributed by atoms with E-state index >= 15 is 0 Å². The molecule has 0 aromatic heterocycles. The normalized spacial score (nSPS) is 12.3. The first-order valence-corrected chi connectivity index (χ1v) is 12.0. The molecule has 0 rings (SSSR count). The van der Waals surface area contributed by atoms with Crippen LogP contribution in [0.4, 0.5) is 0 Å². The topological polar surface area (TPSA) is 0 Å². The molecule has 1 nitrogen and oxygen atoms in total. The summed E-state index contributed by atoms with van der Waals surface area (Å²) in [5, 5.41) is 0. The number of hydrogen-bond acceptors (Lipinski definition) is 0. The zero-order valence-electron chi connectivity index (χ0n) is 19.0. The molecule has 26 heavy (non-hydrogen) atoms. The maximum Gasteiger partial charge on any atom is 0.0911 e. The van der Waals surface area contributed by atoms with Crippen LogP contribution in [0.15, 0.2) is 12.3 Å². The Hall–Kier alpha value is -0.300. The molecular formula is C25H52N+. The van der Waals surface area contributed by atoms with E-state index in [-0.39, 0.29) is 0 Å². The first kappa shape index (κ1) is 25.7. The van der Waals surface area contributed by atoms with Crippen molar-refractivity contribution >= 4 is 0 Å². The molecule has 0 fully saturated rings. The predicted molar refractivity (Wildman–Crippen MR) is 121 cm³/mol. The first-order valence-electron chi connectivity index (χ1n) is 12.0. The molecule has 0 aliphatic carbocycles. The monoisotopic (exact) mass is 366 g/mol. The lowest BCUT2D eigenvalue weighted by molar-refractivity contribution is -0.817. The van der Waals surface area contributed by atoms with Gasteiger partial charge in [0.15, 0.2) is 0 Å². The molecule has 0 aromatic carbocycles. The lowest BCUT2D eigenvalue weighted by atomic mass is 10.0. The number of allylic oxidation sites excluding steroid dienone is 1. The second-order valence-electron chi connectivity index (χ2n) is 9.30. The Morgan fingerprint density at radius 3 is 1.08 bits per heavy atom. The number of rotatable bonds is 20. The van der Waals surface area contributed by atoms with Crippen LogP contribution in [0.3, 0.4) is 0 Å². The van der Waals surface area contributed by atoms with Crippen LogP contribution in [0.1, 0.15) is 129 Å². The lowest BCUT2D eigenvalue weighted by Crippen LogP contribution is -2.26. The summed E-state index contributed by atoms with van der Waals surface area (Å²) in [7, 11) is 6.64. The molecule has 0 bridgehead atoms. The molecule has 0 N–H and O–H groups in total. The summed E-state index contributed by atoms with van der Waals surface area (Å²) in [4.78, 5) is 0. The molecule has 0 spiro atoms. The molecule has 0 saturated heterocycles. The van der Waals surface area contributed by atoms with Crippen molar-refractivity contribution in [3.8, 4) is 0 Å². The van der Waals surface area contributed by atoms with E-state index in [1.165, 1.54) is 122 Å². The molecule has 0 aliphatic heterocycles. The third-order valence-corrected chi connectivity index (χ3v) is 5.28. The Balaban J connectivity index is 3.06. The van der Waals surface area contributed by atoms with Gasteiger partial charge >= 0.3 is 0 Å². The highest BCUT2D eigenvalue weighted by Gasteiger charge is 1.98. The minimum atomic E-state index is 0.943. The molecule has 0 radical (unpaired) electrons. The van der Waals surface area contributed by atoms with Crippen molar-refractivity contribution in [2.75, 3.05) is 21.1 Å². The molecule has 0 aromatic rings. The van der Waals surface area contributed by atoms with Gasteiger partial charge in [0.05, 0.1) is 27.3 Å². The van der Waals surface area contributed by atoms with Gasteiger partial charge in [0.25, 0.3) is 0 Å². The summed E-state index contributed by atoms with van der Waals surface area (Å²) in [6.07, 6.45) is 32.1. The molecule has 156 valence electrons. The predicted octanol–water partition coefficient (Wildman–Crippen LogP) is 8.64. The van der Waals surface area contributed by atoms with Gasteiger partial charge in [0.2, 0.25) is 0 Å². The van der Waals surface area contributed by atoms with E-state index in [0.29, 0.717) is 0 Å². The van der Waals surface area contributed by atoms with Crippen molar-refractivity contribution in [1.82, 2.24) is 0 Å². The second kappa shape index (κ2) is 19.5. The van der Waals surface area contributed by atoms with E-state index in [9.17, 15) is 0 Å². The average molecular weight is 367 g/mol. The average Bonchev–Trinajstić information content (AvgIpc) is 2.59. The highest BCUT2D eigenvalue weighted by Crippen LogP contribution is 2.14. The van der Waals surface area contributed by atoms with Crippen LogP contribution in [-0.4, -0.2) is 25.6 Å². The van der Waals surface area contributed by atoms with E-state index in [0.717, 1.165) is 4.48 Å². The van der Waals surface area contributed by atoms with Crippen LogP contribution < -0.4 is 0 Å². The molecule has 1 heteroatoms. The summed E-state index contributed by atoms with van der Waals surface area (Å²) in [6, 6.07) is 0. The fraction of sp³-hybridized carbons (Fsp3) is 0.920. The smallest absolute Gasteiger partial charge is 0.0911 e. The Bertz CT molecular complexity index is 287. The van der Waals surface area contributed by atoms with Gasteiger partial charge in [0.1, 0.15) is 0 Å². The number of quaternary nitrogens is 1. The van der Waals surface area contributed by atoms with Crippen molar-refractivity contribution < 1.29 is 4.48 Å². The zero-order chi connectivity index (χ0) is 19.3. The summed E-state index contributed by atoms with van der Waals surface area (Å²) in [5.41, 5.74) is 0. The van der Waals surface area contributed by atoms with Gasteiger partial charge in [-0.1, -0.05) is 116 Å². The molecule has 0 unspecified atom stereocenters. The fourth-order valence-electron chi connectivity index (χ4n) is 3.55. The molecule has 0 atom stereocenters. The maximum absolute atomic E-state index is 2.35. The summed E-state index contributed by atoms with van der Waals surface area (Å²) < 4.78 is 0.943. The number of nitrogens with zero attached hydrogens (tertiary/aromatic N) is 1. The third kappa shape index (κ3) is 23.7. The number of unbranched alkanes of at least 4 members (excludes halogenated alkanes) is 18. The molecule has 0 heterocycles. The highest BCUT2D eigenvalue weighted by atomic mass is 15.3.